The summed E-state index contributed by atoms with van der Waals surface area (Å²) in [5.74, 6) is 0.933. The molecule has 1 aliphatic carbocycles. The van der Waals surface area contributed by atoms with Crippen molar-refractivity contribution in [3.63, 3.8) is 0 Å². The van der Waals surface area contributed by atoms with Crippen LogP contribution in [0, 0.1) is 0 Å². The highest BCUT2D eigenvalue weighted by molar-refractivity contribution is 6.33. The Hall–Kier alpha value is -1.51. The summed E-state index contributed by atoms with van der Waals surface area (Å²) in [6.45, 7) is 3.91. The van der Waals surface area contributed by atoms with E-state index in [2.05, 4.69) is 36.5 Å². The van der Waals surface area contributed by atoms with Crippen LogP contribution in [0.25, 0.3) is 11.1 Å². The predicted octanol–water partition coefficient (Wildman–Crippen LogP) is 4.66. The molecule has 1 N–H and O–H groups in total. The van der Waals surface area contributed by atoms with Crippen molar-refractivity contribution in [2.45, 2.75) is 32.4 Å². The number of benzene rings is 2. The largest absolute Gasteiger partial charge is 0.490 e. The Kier molecular flexibility index (Phi) is 4.47. The Labute approximate surface area is 131 Å². The van der Waals surface area contributed by atoms with Crippen molar-refractivity contribution in [1.82, 2.24) is 5.32 Å². The first-order chi connectivity index (χ1) is 10.3. The molecular formula is C18H20ClNO. The molecule has 1 saturated carbocycles. The topological polar surface area (TPSA) is 21.3 Å². The van der Waals surface area contributed by atoms with Crippen molar-refractivity contribution in [3.8, 4) is 16.9 Å². The molecule has 0 radical (unpaired) electrons. The molecule has 0 aromatic heterocycles. The van der Waals surface area contributed by atoms with Crippen LogP contribution in [0.5, 0.6) is 5.75 Å². The van der Waals surface area contributed by atoms with E-state index in [0.29, 0.717) is 6.10 Å². The number of halogens is 1. The first-order valence-electron chi connectivity index (χ1n) is 7.52. The van der Waals surface area contributed by atoms with E-state index >= 15 is 0 Å². The van der Waals surface area contributed by atoms with Gasteiger partial charge in [-0.2, -0.15) is 0 Å². The summed E-state index contributed by atoms with van der Waals surface area (Å²) in [7, 11) is 0. The first-order valence-corrected chi connectivity index (χ1v) is 7.90. The molecule has 0 saturated heterocycles. The minimum absolute atomic E-state index is 0.415. The Morgan fingerprint density at radius 1 is 1.19 bits per heavy atom. The number of hydrogen-bond donors (Lipinski definition) is 1. The lowest BCUT2D eigenvalue weighted by atomic mass is 10.0. The van der Waals surface area contributed by atoms with Crippen molar-refractivity contribution in [1.29, 1.82) is 0 Å². The van der Waals surface area contributed by atoms with Gasteiger partial charge >= 0.3 is 0 Å². The number of rotatable bonds is 6. The second kappa shape index (κ2) is 6.50. The molecule has 0 amide bonds. The maximum Gasteiger partial charge on any atom is 0.120 e. The van der Waals surface area contributed by atoms with Crippen LogP contribution >= 0.6 is 11.6 Å². The fourth-order valence-corrected chi connectivity index (χ4v) is 2.60. The summed E-state index contributed by atoms with van der Waals surface area (Å²) < 4.78 is 5.85. The van der Waals surface area contributed by atoms with E-state index in [4.69, 9.17) is 16.3 Å². The maximum atomic E-state index is 6.44. The predicted molar refractivity (Wildman–Crippen MR) is 87.9 cm³/mol. The quantitative estimate of drug-likeness (QED) is 0.838. The molecule has 0 bridgehead atoms. The highest BCUT2D eigenvalue weighted by Crippen LogP contribution is 2.33. The lowest BCUT2D eigenvalue weighted by molar-refractivity contribution is 0.303. The van der Waals surface area contributed by atoms with Gasteiger partial charge in [0.05, 0.1) is 6.10 Å². The van der Waals surface area contributed by atoms with Crippen molar-refractivity contribution in [3.05, 3.63) is 53.1 Å². The van der Waals surface area contributed by atoms with Crippen LogP contribution in [-0.2, 0) is 6.54 Å². The van der Waals surface area contributed by atoms with Gasteiger partial charge in [0, 0.05) is 17.1 Å². The van der Waals surface area contributed by atoms with Crippen LogP contribution in [0.1, 0.15) is 25.3 Å². The van der Waals surface area contributed by atoms with Gasteiger partial charge in [0.2, 0.25) is 0 Å². The summed E-state index contributed by atoms with van der Waals surface area (Å²) in [5.41, 5.74) is 3.36. The molecule has 0 unspecified atom stereocenters. The van der Waals surface area contributed by atoms with Crippen LogP contribution < -0.4 is 10.1 Å². The third kappa shape index (κ3) is 3.78. The van der Waals surface area contributed by atoms with E-state index in [1.807, 2.05) is 18.2 Å². The van der Waals surface area contributed by atoms with E-state index in [0.717, 1.165) is 35.0 Å². The molecule has 0 spiro atoms. The highest BCUT2D eigenvalue weighted by atomic mass is 35.5. The Morgan fingerprint density at radius 3 is 2.76 bits per heavy atom. The average molecular weight is 302 g/mol. The molecule has 2 aromatic rings. The van der Waals surface area contributed by atoms with Gasteiger partial charge in [-0.25, -0.2) is 0 Å². The summed E-state index contributed by atoms with van der Waals surface area (Å²) in [6, 6.07) is 14.4. The van der Waals surface area contributed by atoms with Gasteiger partial charge in [-0.05, 0) is 48.7 Å². The third-order valence-electron chi connectivity index (χ3n) is 3.58. The molecule has 110 valence electrons. The molecule has 3 heteroatoms. The van der Waals surface area contributed by atoms with Gasteiger partial charge in [0.1, 0.15) is 5.75 Å². The minimum Gasteiger partial charge on any atom is -0.490 e. The second-order valence-electron chi connectivity index (χ2n) is 5.44. The SMILES string of the molecule is CCNCc1ccc(-c2cccc(OC3CC3)c2)c(Cl)c1. The molecule has 1 fully saturated rings. The lowest BCUT2D eigenvalue weighted by Gasteiger charge is -2.10. The van der Waals surface area contributed by atoms with Crippen molar-refractivity contribution >= 4 is 11.6 Å². The van der Waals surface area contributed by atoms with E-state index in [1.54, 1.807) is 0 Å². The van der Waals surface area contributed by atoms with Crippen LogP contribution in [0.2, 0.25) is 5.02 Å². The standard InChI is InChI=1S/C18H20ClNO/c1-2-20-12-13-6-9-17(18(19)10-13)14-4-3-5-16(11-14)21-15-7-8-15/h3-6,9-11,15,20H,2,7-8,12H2,1H3. The second-order valence-corrected chi connectivity index (χ2v) is 5.85. The van der Waals surface area contributed by atoms with E-state index in [9.17, 15) is 0 Å². The van der Waals surface area contributed by atoms with Crippen LogP contribution in [0.3, 0.4) is 0 Å². The molecule has 2 nitrogen and oxygen atoms in total. The third-order valence-corrected chi connectivity index (χ3v) is 3.90. The van der Waals surface area contributed by atoms with Gasteiger partial charge in [0.25, 0.3) is 0 Å². The van der Waals surface area contributed by atoms with E-state index in [1.165, 1.54) is 18.4 Å². The zero-order valence-electron chi connectivity index (χ0n) is 12.2. The number of hydrogen-bond acceptors (Lipinski definition) is 2. The highest BCUT2D eigenvalue weighted by Gasteiger charge is 2.23. The fourth-order valence-electron chi connectivity index (χ4n) is 2.29. The Morgan fingerprint density at radius 2 is 2.05 bits per heavy atom. The van der Waals surface area contributed by atoms with Crippen LogP contribution in [-0.4, -0.2) is 12.6 Å². The monoisotopic (exact) mass is 301 g/mol. The molecule has 3 rings (SSSR count). The molecule has 2 aromatic carbocycles. The first kappa shape index (κ1) is 14.4. The van der Waals surface area contributed by atoms with Crippen molar-refractivity contribution in [2.24, 2.45) is 0 Å². The smallest absolute Gasteiger partial charge is 0.120 e. The molecule has 1 aliphatic rings. The molecule has 21 heavy (non-hydrogen) atoms. The summed E-state index contributed by atoms with van der Waals surface area (Å²) in [6.07, 6.45) is 2.76. The fraction of sp³-hybridized carbons (Fsp3) is 0.333. The van der Waals surface area contributed by atoms with Crippen LogP contribution in [0.15, 0.2) is 42.5 Å². The maximum absolute atomic E-state index is 6.44. The Balaban J connectivity index is 1.82. The van der Waals surface area contributed by atoms with Gasteiger partial charge in [-0.3, -0.25) is 0 Å². The van der Waals surface area contributed by atoms with Crippen LogP contribution in [0.4, 0.5) is 0 Å². The zero-order chi connectivity index (χ0) is 14.7. The minimum atomic E-state index is 0.415. The molecule has 0 heterocycles. The normalized spacial score (nSPS) is 14.2. The summed E-state index contributed by atoms with van der Waals surface area (Å²) >= 11 is 6.44. The van der Waals surface area contributed by atoms with Gasteiger partial charge in [-0.1, -0.05) is 42.8 Å². The van der Waals surface area contributed by atoms with Crippen molar-refractivity contribution < 1.29 is 4.74 Å². The zero-order valence-corrected chi connectivity index (χ0v) is 13.0. The van der Waals surface area contributed by atoms with Gasteiger partial charge in [0.15, 0.2) is 0 Å². The average Bonchev–Trinajstić information content (AvgIpc) is 3.29. The number of nitrogens with one attached hydrogen (secondary N) is 1. The van der Waals surface area contributed by atoms with Crippen molar-refractivity contribution in [2.75, 3.05) is 6.54 Å². The summed E-state index contributed by atoms with van der Waals surface area (Å²) in [4.78, 5) is 0. The van der Waals surface area contributed by atoms with Gasteiger partial charge in [-0.15, -0.1) is 0 Å². The lowest BCUT2D eigenvalue weighted by Crippen LogP contribution is -2.11. The Bertz CT molecular complexity index is 622. The van der Waals surface area contributed by atoms with Gasteiger partial charge < -0.3 is 10.1 Å². The molecule has 0 aliphatic heterocycles. The summed E-state index contributed by atoms with van der Waals surface area (Å²) in [5, 5.41) is 4.10. The van der Waals surface area contributed by atoms with E-state index < -0.39 is 0 Å². The number of ether oxygens (including phenoxy) is 1. The van der Waals surface area contributed by atoms with E-state index in [-0.39, 0.29) is 0 Å². The molecule has 0 atom stereocenters. The molecular weight excluding hydrogens is 282 g/mol.